The molecule has 1 saturated carbocycles. The van der Waals surface area contributed by atoms with Gasteiger partial charge in [0, 0.05) is 18.5 Å². The predicted molar refractivity (Wildman–Crippen MR) is 53.2 cm³/mol. The van der Waals surface area contributed by atoms with Crippen molar-refractivity contribution in [1.82, 2.24) is 5.32 Å². The van der Waals surface area contributed by atoms with Crippen LogP contribution >= 0.6 is 0 Å². The summed E-state index contributed by atoms with van der Waals surface area (Å²) in [5.74, 6) is 0.844. The minimum Gasteiger partial charge on any atom is -0.356 e. The van der Waals surface area contributed by atoms with Gasteiger partial charge in [0.05, 0.1) is 0 Å². The molecule has 3 nitrogen and oxygen atoms in total. The second-order valence-corrected chi connectivity index (χ2v) is 4.05. The smallest absolute Gasteiger partial charge is 0.223 e. The van der Waals surface area contributed by atoms with Gasteiger partial charge in [-0.2, -0.15) is 0 Å². The maximum absolute atomic E-state index is 11.6. The van der Waals surface area contributed by atoms with Gasteiger partial charge in [0.1, 0.15) is 0 Å². The third kappa shape index (κ3) is 2.69. The van der Waals surface area contributed by atoms with Crippen LogP contribution in [-0.2, 0) is 4.79 Å². The fourth-order valence-corrected chi connectivity index (χ4v) is 2.13. The average molecular weight is 184 g/mol. The maximum atomic E-state index is 11.6. The van der Waals surface area contributed by atoms with E-state index in [1.807, 2.05) is 6.92 Å². The van der Waals surface area contributed by atoms with E-state index >= 15 is 0 Å². The fourth-order valence-electron chi connectivity index (χ4n) is 2.13. The van der Waals surface area contributed by atoms with E-state index < -0.39 is 0 Å². The van der Waals surface area contributed by atoms with Gasteiger partial charge in [0.15, 0.2) is 0 Å². The third-order valence-electron chi connectivity index (χ3n) is 2.90. The molecule has 1 aliphatic rings. The van der Waals surface area contributed by atoms with Gasteiger partial charge in [0.2, 0.25) is 5.91 Å². The fraction of sp³-hybridized carbons (Fsp3) is 0.900. The summed E-state index contributed by atoms with van der Waals surface area (Å²) >= 11 is 0. The Hall–Kier alpha value is -0.570. The Labute approximate surface area is 80.1 Å². The summed E-state index contributed by atoms with van der Waals surface area (Å²) in [6.45, 7) is 4.81. The Bertz CT molecular complexity index is 182. The summed E-state index contributed by atoms with van der Waals surface area (Å²) < 4.78 is 0. The molecular weight excluding hydrogens is 164 g/mol. The third-order valence-corrected chi connectivity index (χ3v) is 2.90. The highest BCUT2D eigenvalue weighted by Crippen LogP contribution is 2.28. The summed E-state index contributed by atoms with van der Waals surface area (Å²) in [6, 6.07) is 0.306. The molecule has 0 aromatic carbocycles. The Morgan fingerprint density at radius 3 is 2.77 bits per heavy atom. The second kappa shape index (κ2) is 4.61. The minimum absolute atomic E-state index is 0.194. The van der Waals surface area contributed by atoms with Gasteiger partial charge in [-0.15, -0.1) is 0 Å². The number of carbonyl (C=O) groups excluding carboxylic acids is 1. The molecule has 3 N–H and O–H groups in total. The van der Waals surface area contributed by atoms with E-state index in [9.17, 15) is 4.79 Å². The van der Waals surface area contributed by atoms with Crippen LogP contribution in [-0.4, -0.2) is 18.5 Å². The van der Waals surface area contributed by atoms with Gasteiger partial charge in [-0.3, -0.25) is 4.79 Å². The summed E-state index contributed by atoms with van der Waals surface area (Å²) in [5.41, 5.74) is 5.83. The van der Waals surface area contributed by atoms with Crippen molar-refractivity contribution < 1.29 is 4.79 Å². The van der Waals surface area contributed by atoms with Gasteiger partial charge >= 0.3 is 0 Å². The molecule has 3 atom stereocenters. The molecule has 0 aromatic heterocycles. The number of amides is 1. The molecule has 0 spiro atoms. The van der Waals surface area contributed by atoms with Gasteiger partial charge in [-0.05, 0) is 32.1 Å². The molecule has 1 aliphatic carbocycles. The Morgan fingerprint density at radius 2 is 2.23 bits per heavy atom. The zero-order valence-electron chi connectivity index (χ0n) is 8.55. The molecule has 0 aromatic rings. The van der Waals surface area contributed by atoms with E-state index in [0.29, 0.717) is 12.0 Å². The molecule has 13 heavy (non-hydrogen) atoms. The average Bonchev–Trinajstić information content (AvgIpc) is 2.04. The molecule has 0 heterocycles. The molecule has 1 fully saturated rings. The van der Waals surface area contributed by atoms with E-state index in [0.717, 1.165) is 25.8 Å². The van der Waals surface area contributed by atoms with Crippen molar-refractivity contribution in [3.8, 4) is 0 Å². The van der Waals surface area contributed by atoms with Crippen LogP contribution in [0.5, 0.6) is 0 Å². The molecule has 3 unspecified atom stereocenters. The molecule has 0 radical (unpaired) electrons. The van der Waals surface area contributed by atoms with Crippen molar-refractivity contribution in [2.45, 2.75) is 39.2 Å². The van der Waals surface area contributed by atoms with Gasteiger partial charge in [0.25, 0.3) is 0 Å². The summed E-state index contributed by atoms with van der Waals surface area (Å²) in [5, 5.41) is 2.88. The lowest BCUT2D eigenvalue weighted by Crippen LogP contribution is -2.40. The summed E-state index contributed by atoms with van der Waals surface area (Å²) in [4.78, 5) is 11.6. The number of nitrogens with two attached hydrogens (primary N) is 1. The molecule has 0 saturated heterocycles. The Balaban J connectivity index is 2.45. The first-order valence-corrected chi connectivity index (χ1v) is 5.18. The topological polar surface area (TPSA) is 55.1 Å². The monoisotopic (exact) mass is 184 g/mol. The summed E-state index contributed by atoms with van der Waals surface area (Å²) in [7, 11) is 0. The van der Waals surface area contributed by atoms with Gasteiger partial charge in [-0.1, -0.05) is 6.92 Å². The number of hydrogen-bond donors (Lipinski definition) is 2. The lowest BCUT2D eigenvalue weighted by atomic mass is 9.78. The Kier molecular flexibility index (Phi) is 3.72. The van der Waals surface area contributed by atoms with Crippen LogP contribution in [0.4, 0.5) is 0 Å². The predicted octanol–water partition coefficient (Wildman–Crippen LogP) is 0.886. The van der Waals surface area contributed by atoms with Gasteiger partial charge in [-0.25, -0.2) is 0 Å². The van der Waals surface area contributed by atoms with Crippen LogP contribution in [0.1, 0.15) is 33.1 Å². The second-order valence-electron chi connectivity index (χ2n) is 4.05. The highest BCUT2D eigenvalue weighted by Gasteiger charge is 2.30. The van der Waals surface area contributed by atoms with Crippen molar-refractivity contribution in [3.63, 3.8) is 0 Å². The maximum Gasteiger partial charge on any atom is 0.223 e. The highest BCUT2D eigenvalue weighted by molar-refractivity contribution is 5.78. The van der Waals surface area contributed by atoms with Crippen molar-refractivity contribution in [2.24, 2.45) is 17.6 Å². The quantitative estimate of drug-likeness (QED) is 0.669. The van der Waals surface area contributed by atoms with Crippen molar-refractivity contribution in [3.05, 3.63) is 0 Å². The number of carbonyl (C=O) groups is 1. The van der Waals surface area contributed by atoms with Crippen molar-refractivity contribution in [2.75, 3.05) is 6.54 Å². The van der Waals surface area contributed by atoms with Crippen LogP contribution < -0.4 is 11.1 Å². The number of hydrogen-bond acceptors (Lipinski definition) is 2. The normalized spacial score (nSPS) is 34.2. The zero-order valence-corrected chi connectivity index (χ0v) is 8.55. The molecule has 3 heteroatoms. The standard InChI is InChI=1S/C10H20N2O/c1-3-12-10(13)9-5-4-8(11)6-7(9)2/h7-9H,3-6,11H2,1-2H3,(H,12,13). The van der Waals surface area contributed by atoms with E-state index in [-0.39, 0.29) is 11.8 Å². The molecule has 0 bridgehead atoms. The van der Waals surface area contributed by atoms with Crippen LogP contribution in [0.25, 0.3) is 0 Å². The number of rotatable bonds is 2. The van der Waals surface area contributed by atoms with Crippen LogP contribution in [0.2, 0.25) is 0 Å². The molecule has 76 valence electrons. The highest BCUT2D eigenvalue weighted by atomic mass is 16.1. The SMILES string of the molecule is CCNC(=O)C1CCC(N)CC1C. The first-order chi connectivity index (χ1) is 6.15. The van der Waals surface area contributed by atoms with Crippen LogP contribution in [0, 0.1) is 11.8 Å². The molecule has 0 aliphatic heterocycles. The van der Waals surface area contributed by atoms with E-state index in [1.165, 1.54) is 0 Å². The molecule has 1 amide bonds. The molecule has 1 rings (SSSR count). The van der Waals surface area contributed by atoms with Gasteiger partial charge < -0.3 is 11.1 Å². The van der Waals surface area contributed by atoms with E-state index in [1.54, 1.807) is 0 Å². The number of nitrogens with one attached hydrogen (secondary N) is 1. The van der Waals surface area contributed by atoms with E-state index in [2.05, 4.69) is 12.2 Å². The van der Waals surface area contributed by atoms with Crippen LogP contribution in [0.3, 0.4) is 0 Å². The zero-order chi connectivity index (χ0) is 9.84. The van der Waals surface area contributed by atoms with Crippen molar-refractivity contribution in [1.29, 1.82) is 0 Å². The lowest BCUT2D eigenvalue weighted by Gasteiger charge is -2.31. The molecular formula is C10H20N2O. The summed E-state index contributed by atoms with van der Waals surface area (Å²) in [6.07, 6.45) is 2.93. The lowest BCUT2D eigenvalue weighted by molar-refractivity contribution is -0.127. The first-order valence-electron chi connectivity index (χ1n) is 5.18. The first kappa shape index (κ1) is 10.5. The van der Waals surface area contributed by atoms with E-state index in [4.69, 9.17) is 5.73 Å². The van der Waals surface area contributed by atoms with Crippen molar-refractivity contribution >= 4 is 5.91 Å². The Morgan fingerprint density at radius 1 is 1.54 bits per heavy atom. The van der Waals surface area contributed by atoms with Crippen LogP contribution in [0.15, 0.2) is 0 Å². The minimum atomic E-state index is 0.194. The largest absolute Gasteiger partial charge is 0.356 e.